The Morgan fingerprint density at radius 2 is 1.83 bits per heavy atom. The zero-order valence-corrected chi connectivity index (χ0v) is 13.4. The van der Waals surface area contributed by atoms with Gasteiger partial charge >= 0.3 is 0 Å². The van der Waals surface area contributed by atoms with Gasteiger partial charge in [-0.3, -0.25) is 9.59 Å². The van der Waals surface area contributed by atoms with E-state index < -0.39 is 0 Å². The molecule has 1 N–H and O–H groups in total. The second-order valence-corrected chi connectivity index (χ2v) is 5.42. The van der Waals surface area contributed by atoms with Gasteiger partial charge in [-0.1, -0.05) is 36.4 Å². The number of para-hydroxylation sites is 1. The Labute approximate surface area is 139 Å². The molecular formula is C19H18N2O3. The number of aromatic nitrogens is 1. The van der Waals surface area contributed by atoms with Crippen LogP contribution in [0.25, 0.3) is 10.8 Å². The van der Waals surface area contributed by atoms with Gasteiger partial charge in [0, 0.05) is 23.7 Å². The summed E-state index contributed by atoms with van der Waals surface area (Å²) in [6.45, 7) is 0.337. The van der Waals surface area contributed by atoms with Gasteiger partial charge in [0.25, 0.3) is 5.56 Å². The van der Waals surface area contributed by atoms with Crippen molar-refractivity contribution in [2.45, 2.75) is 13.1 Å². The van der Waals surface area contributed by atoms with Gasteiger partial charge in [-0.05, 0) is 23.6 Å². The summed E-state index contributed by atoms with van der Waals surface area (Å²) in [6.07, 6.45) is 1.65. The van der Waals surface area contributed by atoms with Gasteiger partial charge in [-0.2, -0.15) is 0 Å². The Morgan fingerprint density at radius 3 is 2.67 bits per heavy atom. The van der Waals surface area contributed by atoms with Gasteiger partial charge in [0.2, 0.25) is 5.91 Å². The van der Waals surface area contributed by atoms with Gasteiger partial charge in [-0.25, -0.2) is 0 Å². The lowest BCUT2D eigenvalue weighted by Gasteiger charge is -2.11. The number of nitrogens with zero attached hydrogens (tertiary/aromatic N) is 1. The topological polar surface area (TPSA) is 60.3 Å². The first kappa shape index (κ1) is 15.8. The molecule has 0 saturated heterocycles. The van der Waals surface area contributed by atoms with Crippen molar-refractivity contribution in [3.63, 3.8) is 0 Å². The number of methoxy groups -OCH3 is 1. The first-order valence-electron chi connectivity index (χ1n) is 7.66. The van der Waals surface area contributed by atoms with Crippen LogP contribution >= 0.6 is 0 Å². The minimum Gasteiger partial charge on any atom is -0.496 e. The molecule has 24 heavy (non-hydrogen) atoms. The Balaban J connectivity index is 1.71. The van der Waals surface area contributed by atoms with Crippen molar-refractivity contribution in [1.82, 2.24) is 9.88 Å². The second kappa shape index (κ2) is 7.00. The summed E-state index contributed by atoms with van der Waals surface area (Å²) in [6, 6.07) is 16.7. The van der Waals surface area contributed by atoms with Crippen LogP contribution in [0.2, 0.25) is 0 Å². The molecule has 0 aliphatic heterocycles. The summed E-state index contributed by atoms with van der Waals surface area (Å²) in [5.41, 5.74) is 0.722. The van der Waals surface area contributed by atoms with Crippen LogP contribution in [0.15, 0.2) is 65.6 Å². The molecule has 1 heterocycles. The summed E-state index contributed by atoms with van der Waals surface area (Å²) in [5.74, 6) is 0.499. The molecule has 0 fully saturated rings. The number of ether oxygens (including phenoxy) is 1. The van der Waals surface area contributed by atoms with E-state index in [2.05, 4.69) is 5.32 Å². The number of amides is 1. The van der Waals surface area contributed by atoms with Crippen LogP contribution in [0.5, 0.6) is 5.75 Å². The molecule has 5 nitrogen and oxygen atoms in total. The third kappa shape index (κ3) is 3.30. The standard InChI is InChI=1S/C19H18N2O3/c1-24-17-9-5-3-7-15(17)12-20-18(22)13-21-11-10-14-6-2-4-8-16(14)19(21)23/h2-11H,12-13H2,1H3,(H,20,22). The molecule has 3 rings (SSSR count). The Bertz CT molecular complexity index is 931. The van der Waals surface area contributed by atoms with Crippen LogP contribution < -0.4 is 15.6 Å². The van der Waals surface area contributed by atoms with Gasteiger partial charge in [0.15, 0.2) is 0 Å². The first-order valence-corrected chi connectivity index (χ1v) is 7.66. The smallest absolute Gasteiger partial charge is 0.258 e. The maximum atomic E-state index is 12.4. The summed E-state index contributed by atoms with van der Waals surface area (Å²) < 4.78 is 6.67. The lowest BCUT2D eigenvalue weighted by molar-refractivity contribution is -0.121. The van der Waals surface area contributed by atoms with Crippen molar-refractivity contribution in [3.05, 3.63) is 76.7 Å². The second-order valence-electron chi connectivity index (χ2n) is 5.42. The van der Waals surface area contributed by atoms with E-state index in [-0.39, 0.29) is 18.0 Å². The van der Waals surface area contributed by atoms with Crippen molar-refractivity contribution in [1.29, 1.82) is 0 Å². The maximum Gasteiger partial charge on any atom is 0.258 e. The van der Waals surface area contributed by atoms with Gasteiger partial charge in [0.05, 0.1) is 7.11 Å². The number of carbonyl (C=O) groups is 1. The van der Waals surface area contributed by atoms with Crippen LogP contribution in [0.3, 0.4) is 0 Å². The van der Waals surface area contributed by atoms with E-state index in [1.54, 1.807) is 19.4 Å². The molecular weight excluding hydrogens is 304 g/mol. The maximum absolute atomic E-state index is 12.4. The third-order valence-corrected chi connectivity index (χ3v) is 3.87. The highest BCUT2D eigenvalue weighted by Crippen LogP contribution is 2.16. The number of hydrogen-bond acceptors (Lipinski definition) is 3. The molecule has 0 unspecified atom stereocenters. The fourth-order valence-electron chi connectivity index (χ4n) is 2.61. The largest absolute Gasteiger partial charge is 0.496 e. The summed E-state index contributed by atoms with van der Waals surface area (Å²) >= 11 is 0. The zero-order chi connectivity index (χ0) is 16.9. The molecule has 0 bridgehead atoms. The molecule has 122 valence electrons. The van der Waals surface area contributed by atoms with Gasteiger partial charge in [-0.15, -0.1) is 0 Å². The Kier molecular flexibility index (Phi) is 4.61. The highest BCUT2D eigenvalue weighted by atomic mass is 16.5. The number of nitrogens with one attached hydrogen (secondary N) is 1. The molecule has 1 amide bonds. The summed E-state index contributed by atoms with van der Waals surface area (Å²) in [4.78, 5) is 24.6. The van der Waals surface area contributed by atoms with Crippen molar-refractivity contribution in [3.8, 4) is 5.75 Å². The molecule has 2 aromatic carbocycles. The molecule has 1 aromatic heterocycles. The number of hydrogen-bond donors (Lipinski definition) is 1. The quantitative estimate of drug-likeness (QED) is 0.784. The monoisotopic (exact) mass is 322 g/mol. The van der Waals surface area contributed by atoms with Crippen LogP contribution in [0, 0.1) is 0 Å². The average molecular weight is 322 g/mol. The molecule has 0 atom stereocenters. The number of rotatable bonds is 5. The third-order valence-electron chi connectivity index (χ3n) is 3.87. The van der Waals surface area contributed by atoms with Crippen LogP contribution in [-0.4, -0.2) is 17.6 Å². The molecule has 3 aromatic rings. The molecule has 0 aliphatic rings. The molecule has 0 aliphatic carbocycles. The van der Waals surface area contributed by atoms with Gasteiger partial charge in [0.1, 0.15) is 12.3 Å². The summed E-state index contributed by atoms with van der Waals surface area (Å²) in [7, 11) is 1.59. The number of benzene rings is 2. The predicted molar refractivity (Wildman–Crippen MR) is 93.0 cm³/mol. The number of carbonyl (C=O) groups excluding carboxylic acids is 1. The van der Waals surface area contributed by atoms with E-state index >= 15 is 0 Å². The van der Waals surface area contributed by atoms with Gasteiger partial charge < -0.3 is 14.6 Å². The number of pyridine rings is 1. The van der Waals surface area contributed by atoms with Crippen molar-refractivity contribution in [2.75, 3.05) is 7.11 Å². The predicted octanol–water partition coefficient (Wildman–Crippen LogP) is 2.33. The normalized spacial score (nSPS) is 10.5. The molecule has 0 saturated carbocycles. The molecule has 0 spiro atoms. The van der Waals surface area contributed by atoms with E-state index in [1.165, 1.54) is 4.57 Å². The van der Waals surface area contributed by atoms with E-state index in [4.69, 9.17) is 4.74 Å². The Hall–Kier alpha value is -3.08. The SMILES string of the molecule is COc1ccccc1CNC(=O)Cn1ccc2ccccc2c1=O. The zero-order valence-electron chi connectivity index (χ0n) is 13.4. The van der Waals surface area contributed by atoms with Crippen molar-refractivity contribution >= 4 is 16.7 Å². The van der Waals surface area contributed by atoms with E-state index in [0.29, 0.717) is 11.9 Å². The fourth-order valence-corrected chi connectivity index (χ4v) is 2.61. The minimum atomic E-state index is -0.224. The fraction of sp³-hybridized carbons (Fsp3) is 0.158. The lowest BCUT2D eigenvalue weighted by atomic mass is 10.2. The molecule has 0 radical (unpaired) electrons. The highest BCUT2D eigenvalue weighted by Gasteiger charge is 2.08. The minimum absolute atomic E-state index is 0.0151. The van der Waals surface area contributed by atoms with Crippen molar-refractivity contribution in [2.24, 2.45) is 0 Å². The number of fused-ring (bicyclic) bond motifs is 1. The lowest BCUT2D eigenvalue weighted by Crippen LogP contribution is -2.31. The highest BCUT2D eigenvalue weighted by molar-refractivity contribution is 5.82. The first-order chi connectivity index (χ1) is 11.7. The average Bonchev–Trinajstić information content (AvgIpc) is 2.63. The van der Waals surface area contributed by atoms with Crippen LogP contribution in [0.1, 0.15) is 5.56 Å². The van der Waals surface area contributed by atoms with Crippen LogP contribution in [-0.2, 0) is 17.9 Å². The summed E-state index contributed by atoms with van der Waals surface area (Å²) in [5, 5.41) is 4.30. The molecule has 5 heteroatoms. The van der Waals surface area contributed by atoms with E-state index in [9.17, 15) is 9.59 Å². The van der Waals surface area contributed by atoms with E-state index in [0.717, 1.165) is 16.7 Å². The van der Waals surface area contributed by atoms with Crippen molar-refractivity contribution < 1.29 is 9.53 Å². The van der Waals surface area contributed by atoms with E-state index in [1.807, 2.05) is 48.5 Å². The Morgan fingerprint density at radius 1 is 1.08 bits per heavy atom. The van der Waals surface area contributed by atoms with Crippen LogP contribution in [0.4, 0.5) is 0 Å².